The van der Waals surface area contributed by atoms with Crippen LogP contribution < -0.4 is 9.80 Å². The van der Waals surface area contributed by atoms with Crippen molar-refractivity contribution in [3.63, 3.8) is 0 Å². The van der Waals surface area contributed by atoms with E-state index in [1.807, 2.05) is 47.4 Å². The van der Waals surface area contributed by atoms with Crippen LogP contribution in [0.2, 0.25) is 0 Å². The fourth-order valence-electron chi connectivity index (χ4n) is 5.55. The minimum atomic E-state index is -0.647. The lowest BCUT2D eigenvalue weighted by atomic mass is 9.72. The summed E-state index contributed by atoms with van der Waals surface area (Å²) < 4.78 is 0. The maximum Gasteiger partial charge on any atom is 0.242 e. The van der Waals surface area contributed by atoms with Gasteiger partial charge in [-0.3, -0.25) is 9.69 Å². The van der Waals surface area contributed by atoms with Gasteiger partial charge in [0.05, 0.1) is 11.6 Å². The second kappa shape index (κ2) is 11.8. The molecule has 1 amide bonds. The van der Waals surface area contributed by atoms with Gasteiger partial charge in [0.2, 0.25) is 5.91 Å². The van der Waals surface area contributed by atoms with Crippen molar-refractivity contribution in [2.75, 3.05) is 49.1 Å². The van der Waals surface area contributed by atoms with E-state index >= 15 is 0 Å². The average molecular weight is 524 g/mol. The third-order valence-corrected chi connectivity index (χ3v) is 7.36. The Hall–Kier alpha value is -3.04. The first-order chi connectivity index (χ1) is 16.7. The number of halogens is 2. The van der Waals surface area contributed by atoms with Crippen molar-refractivity contribution >= 4 is 42.1 Å². The van der Waals surface area contributed by atoms with Crippen LogP contribution in [0, 0.1) is 11.3 Å². The lowest BCUT2D eigenvalue weighted by Gasteiger charge is -2.38. The first-order valence-electron chi connectivity index (χ1n) is 12.1. The number of amides is 1. The molecule has 188 valence electrons. The number of hydrogen-bond acceptors (Lipinski definition) is 4. The Morgan fingerprint density at radius 1 is 0.889 bits per heavy atom. The number of para-hydroxylation sites is 1. The maximum absolute atomic E-state index is 14.0. The molecule has 5 rings (SSSR count). The Labute approximate surface area is 226 Å². The molecule has 1 saturated heterocycles. The molecule has 1 unspecified atom stereocenters. The quantitative estimate of drug-likeness (QED) is 0.442. The number of carbonyl (C=O) groups is 1. The maximum atomic E-state index is 14.0. The van der Waals surface area contributed by atoms with Crippen LogP contribution in [0.3, 0.4) is 0 Å². The number of nitrogens with zero attached hydrogens (tertiary/aromatic N) is 4. The van der Waals surface area contributed by atoms with E-state index in [-0.39, 0.29) is 30.7 Å². The van der Waals surface area contributed by atoms with Crippen LogP contribution in [-0.4, -0.2) is 50.1 Å². The highest BCUT2D eigenvalue weighted by atomic mass is 35.5. The second-order valence-corrected chi connectivity index (χ2v) is 9.08. The van der Waals surface area contributed by atoms with Crippen molar-refractivity contribution < 1.29 is 4.79 Å². The molecule has 2 aliphatic rings. The van der Waals surface area contributed by atoms with Crippen molar-refractivity contribution in [3.8, 4) is 6.07 Å². The molecular weight excluding hydrogens is 491 g/mol. The van der Waals surface area contributed by atoms with E-state index in [1.165, 1.54) is 0 Å². The van der Waals surface area contributed by atoms with Gasteiger partial charge in [-0.15, -0.1) is 24.8 Å². The summed E-state index contributed by atoms with van der Waals surface area (Å²) in [6.45, 7) is 7.29. The van der Waals surface area contributed by atoms with Crippen molar-refractivity contribution in [2.45, 2.75) is 18.8 Å². The fourth-order valence-corrected chi connectivity index (χ4v) is 5.55. The molecule has 0 aromatic heterocycles. The molecule has 1 atom stereocenters. The number of benzene rings is 3. The number of anilines is 2. The van der Waals surface area contributed by atoms with Crippen molar-refractivity contribution in [1.82, 2.24) is 4.90 Å². The van der Waals surface area contributed by atoms with E-state index in [4.69, 9.17) is 0 Å². The van der Waals surface area contributed by atoms with Gasteiger partial charge in [0.25, 0.3) is 0 Å². The summed E-state index contributed by atoms with van der Waals surface area (Å²) in [7, 11) is 0. The van der Waals surface area contributed by atoms with Crippen molar-refractivity contribution in [1.29, 1.82) is 5.26 Å². The van der Waals surface area contributed by atoms with E-state index in [2.05, 4.69) is 59.2 Å². The summed E-state index contributed by atoms with van der Waals surface area (Å²) in [5.41, 5.74) is 4.41. The predicted molar refractivity (Wildman–Crippen MR) is 151 cm³/mol. The lowest BCUT2D eigenvalue weighted by molar-refractivity contribution is -0.122. The van der Waals surface area contributed by atoms with Gasteiger partial charge in [0.15, 0.2) is 0 Å². The lowest BCUT2D eigenvalue weighted by Crippen LogP contribution is -2.49. The molecule has 2 heterocycles. The molecule has 0 N–H and O–H groups in total. The predicted octanol–water partition coefficient (Wildman–Crippen LogP) is 5.27. The third kappa shape index (κ3) is 4.82. The standard InChI is InChI=1S/C29H30N4O.2ClH/c1-2-33-27-14-7-6-13-26(27)29(28(33)34,24-10-4-3-5-11-24)15-16-31-17-19-32(20-18-31)25-12-8-9-23(21-25)22-30;;/h3-14,21H,2,15-20H2,1H3;2*1H. The Balaban J connectivity index is 0.00000180. The molecule has 0 bridgehead atoms. The van der Waals surface area contributed by atoms with Crippen LogP contribution in [-0.2, 0) is 10.2 Å². The molecule has 0 radical (unpaired) electrons. The summed E-state index contributed by atoms with van der Waals surface area (Å²) in [6, 6.07) is 28.7. The smallest absolute Gasteiger partial charge is 0.242 e. The molecule has 3 aromatic rings. The molecule has 0 aliphatic carbocycles. The number of hydrogen-bond donors (Lipinski definition) is 0. The molecule has 2 aliphatic heterocycles. The summed E-state index contributed by atoms with van der Waals surface area (Å²) in [6.07, 6.45) is 0.757. The van der Waals surface area contributed by atoms with Gasteiger partial charge in [-0.1, -0.05) is 54.6 Å². The monoisotopic (exact) mass is 522 g/mol. The fraction of sp³-hybridized carbons (Fsp3) is 0.310. The number of carbonyl (C=O) groups excluding carboxylic acids is 1. The molecule has 0 spiro atoms. The molecule has 7 heteroatoms. The molecular formula is C29H32Cl2N4O. The molecule has 36 heavy (non-hydrogen) atoms. The van der Waals surface area contributed by atoms with Gasteiger partial charge in [0.1, 0.15) is 5.41 Å². The summed E-state index contributed by atoms with van der Waals surface area (Å²) in [4.78, 5) is 20.7. The molecule has 0 saturated carbocycles. The molecule has 1 fully saturated rings. The van der Waals surface area contributed by atoms with Crippen LogP contribution in [0.5, 0.6) is 0 Å². The van der Waals surface area contributed by atoms with Gasteiger partial charge in [-0.25, -0.2) is 0 Å². The zero-order valence-corrected chi connectivity index (χ0v) is 22.1. The molecule has 3 aromatic carbocycles. The highest BCUT2D eigenvalue weighted by Crippen LogP contribution is 2.48. The van der Waals surface area contributed by atoms with Crippen LogP contribution >= 0.6 is 24.8 Å². The molecule has 5 nitrogen and oxygen atoms in total. The number of likely N-dealkylation sites (N-methyl/N-ethyl adjacent to an activating group) is 1. The Kier molecular flexibility index (Phi) is 9.03. The Bertz CT molecular complexity index is 1220. The van der Waals surface area contributed by atoms with E-state index in [9.17, 15) is 10.1 Å². The highest BCUT2D eigenvalue weighted by Gasteiger charge is 2.51. The van der Waals surface area contributed by atoms with Crippen molar-refractivity contribution in [2.24, 2.45) is 0 Å². The SMILES string of the molecule is CCN1C(=O)C(CCN2CCN(c3cccc(C#N)c3)CC2)(c2ccccc2)c2ccccc21.Cl.Cl. The first kappa shape index (κ1) is 27.5. The van der Waals surface area contributed by atoms with Gasteiger partial charge in [-0.2, -0.15) is 5.26 Å². The minimum Gasteiger partial charge on any atom is -0.369 e. The number of fused-ring (bicyclic) bond motifs is 1. The van der Waals surface area contributed by atoms with Crippen molar-refractivity contribution in [3.05, 3.63) is 95.6 Å². The number of nitriles is 1. The largest absolute Gasteiger partial charge is 0.369 e. The highest BCUT2D eigenvalue weighted by molar-refractivity contribution is 6.10. The first-order valence-corrected chi connectivity index (χ1v) is 12.1. The summed E-state index contributed by atoms with van der Waals surface area (Å²) in [5.74, 6) is 0.189. The normalized spacial score (nSPS) is 19.2. The van der Waals surface area contributed by atoms with Crippen LogP contribution in [0.15, 0.2) is 78.9 Å². The van der Waals surface area contributed by atoms with Gasteiger partial charge >= 0.3 is 0 Å². The average Bonchev–Trinajstić information content (AvgIpc) is 3.16. The van der Waals surface area contributed by atoms with E-state index in [0.29, 0.717) is 12.1 Å². The van der Waals surface area contributed by atoms with Gasteiger partial charge in [-0.05, 0) is 55.3 Å². The number of rotatable bonds is 6. The van der Waals surface area contributed by atoms with E-state index in [0.717, 1.165) is 61.6 Å². The van der Waals surface area contributed by atoms with Crippen LogP contribution in [0.4, 0.5) is 11.4 Å². The summed E-state index contributed by atoms with van der Waals surface area (Å²) >= 11 is 0. The number of piperazine rings is 1. The van der Waals surface area contributed by atoms with E-state index < -0.39 is 5.41 Å². The second-order valence-electron chi connectivity index (χ2n) is 9.08. The topological polar surface area (TPSA) is 50.6 Å². The zero-order valence-electron chi connectivity index (χ0n) is 20.5. The Morgan fingerprint density at radius 2 is 1.58 bits per heavy atom. The van der Waals surface area contributed by atoms with E-state index in [1.54, 1.807) is 0 Å². The summed E-state index contributed by atoms with van der Waals surface area (Å²) in [5, 5.41) is 9.21. The Morgan fingerprint density at radius 3 is 2.28 bits per heavy atom. The third-order valence-electron chi connectivity index (χ3n) is 7.36. The van der Waals surface area contributed by atoms with Crippen LogP contribution in [0.1, 0.15) is 30.0 Å². The van der Waals surface area contributed by atoms with Gasteiger partial charge in [0, 0.05) is 44.1 Å². The van der Waals surface area contributed by atoms with Gasteiger partial charge < -0.3 is 9.80 Å². The zero-order chi connectivity index (χ0) is 23.5. The van der Waals surface area contributed by atoms with Crippen LogP contribution in [0.25, 0.3) is 0 Å². The minimum absolute atomic E-state index is 0.